The molecule has 0 aliphatic carbocycles. The first kappa shape index (κ1) is 13.9. The molecule has 5 heteroatoms. The molecule has 0 saturated carbocycles. The summed E-state index contributed by atoms with van der Waals surface area (Å²) in [5.41, 5.74) is 0.481. The van der Waals surface area contributed by atoms with Gasteiger partial charge in [-0.2, -0.15) is 0 Å². The zero-order valence-electron chi connectivity index (χ0n) is 10.3. The minimum atomic E-state index is -0.981. The van der Waals surface area contributed by atoms with E-state index in [4.69, 9.17) is 0 Å². The van der Waals surface area contributed by atoms with Crippen molar-refractivity contribution in [2.24, 2.45) is 0 Å². The molecule has 1 atom stereocenters. The quantitative estimate of drug-likeness (QED) is 0.489. The molecule has 1 N–H and O–H groups in total. The monoisotopic (exact) mass is 249 g/mol. The number of rotatable bonds is 4. The van der Waals surface area contributed by atoms with E-state index in [9.17, 15) is 14.4 Å². The van der Waals surface area contributed by atoms with Crippen LogP contribution in [-0.2, 0) is 14.3 Å². The number of ketones is 1. The molecule has 5 nitrogen and oxygen atoms in total. The molecule has 1 unspecified atom stereocenters. The molecule has 0 spiro atoms. The zero-order valence-corrected chi connectivity index (χ0v) is 10.3. The number of nitrogens with one attached hydrogen (secondary N) is 1. The molecule has 1 amide bonds. The average Bonchev–Trinajstić information content (AvgIpc) is 2.39. The molecule has 0 fully saturated rings. The highest BCUT2D eigenvalue weighted by Gasteiger charge is 2.21. The standard InChI is InChI=1S/C13H15NO4/c1-3-18-13(17)12(16)14-9(2)11(15)10-7-5-4-6-8-10/h4-9H,3H2,1-2H3,(H,14,16). The van der Waals surface area contributed by atoms with Gasteiger partial charge in [0.2, 0.25) is 0 Å². The Kier molecular flexibility index (Phi) is 5.05. The van der Waals surface area contributed by atoms with E-state index >= 15 is 0 Å². The Morgan fingerprint density at radius 1 is 1.22 bits per heavy atom. The average molecular weight is 249 g/mol. The Hall–Kier alpha value is -2.17. The normalized spacial score (nSPS) is 11.4. The molecule has 0 bridgehead atoms. The van der Waals surface area contributed by atoms with Gasteiger partial charge in [-0.25, -0.2) is 4.79 Å². The maximum atomic E-state index is 11.9. The third-order valence-electron chi connectivity index (χ3n) is 2.26. The number of amides is 1. The van der Waals surface area contributed by atoms with Crippen LogP contribution in [0.15, 0.2) is 30.3 Å². The van der Waals surface area contributed by atoms with Gasteiger partial charge in [-0.15, -0.1) is 0 Å². The van der Waals surface area contributed by atoms with Crippen molar-refractivity contribution in [1.82, 2.24) is 5.32 Å². The largest absolute Gasteiger partial charge is 0.459 e. The van der Waals surface area contributed by atoms with Crippen molar-refractivity contribution in [2.75, 3.05) is 6.61 Å². The fourth-order valence-corrected chi connectivity index (χ4v) is 1.37. The highest BCUT2D eigenvalue weighted by molar-refractivity contribution is 6.33. The maximum absolute atomic E-state index is 11.9. The summed E-state index contributed by atoms with van der Waals surface area (Å²) in [6, 6.07) is 7.77. The summed E-state index contributed by atoms with van der Waals surface area (Å²) >= 11 is 0. The third kappa shape index (κ3) is 3.69. The summed E-state index contributed by atoms with van der Waals surface area (Å²) in [6.45, 7) is 3.24. The van der Waals surface area contributed by atoms with Crippen molar-refractivity contribution in [2.45, 2.75) is 19.9 Å². The van der Waals surface area contributed by atoms with Crippen molar-refractivity contribution >= 4 is 17.7 Å². The number of hydrogen-bond acceptors (Lipinski definition) is 4. The minimum Gasteiger partial charge on any atom is -0.459 e. The van der Waals surface area contributed by atoms with E-state index in [1.807, 2.05) is 0 Å². The molecule has 1 aromatic carbocycles. The smallest absolute Gasteiger partial charge is 0.396 e. The first-order valence-electron chi connectivity index (χ1n) is 5.63. The number of carbonyl (C=O) groups is 3. The van der Waals surface area contributed by atoms with Crippen LogP contribution < -0.4 is 5.32 Å². The zero-order chi connectivity index (χ0) is 13.5. The maximum Gasteiger partial charge on any atom is 0.396 e. The third-order valence-corrected chi connectivity index (χ3v) is 2.26. The van der Waals surface area contributed by atoms with Gasteiger partial charge in [-0.3, -0.25) is 9.59 Å². The van der Waals surface area contributed by atoms with Crippen LogP contribution in [-0.4, -0.2) is 30.3 Å². The second-order valence-corrected chi connectivity index (χ2v) is 3.65. The van der Waals surface area contributed by atoms with Gasteiger partial charge in [-0.1, -0.05) is 30.3 Å². The molecule has 1 aromatic rings. The Balaban J connectivity index is 2.61. The fraction of sp³-hybridized carbons (Fsp3) is 0.308. The number of benzene rings is 1. The van der Waals surface area contributed by atoms with Gasteiger partial charge in [0.05, 0.1) is 12.6 Å². The van der Waals surface area contributed by atoms with Gasteiger partial charge in [0.15, 0.2) is 5.78 Å². The van der Waals surface area contributed by atoms with E-state index < -0.39 is 17.9 Å². The molecule has 0 saturated heterocycles. The lowest BCUT2D eigenvalue weighted by Gasteiger charge is -2.12. The lowest BCUT2D eigenvalue weighted by molar-refractivity contribution is -0.154. The van der Waals surface area contributed by atoms with Crippen LogP contribution in [0.25, 0.3) is 0 Å². The van der Waals surface area contributed by atoms with Crippen LogP contribution in [0.4, 0.5) is 0 Å². The topological polar surface area (TPSA) is 72.5 Å². The van der Waals surface area contributed by atoms with Crippen LogP contribution in [0.5, 0.6) is 0 Å². The van der Waals surface area contributed by atoms with Gasteiger partial charge < -0.3 is 10.1 Å². The summed E-state index contributed by atoms with van der Waals surface area (Å²) < 4.78 is 4.53. The van der Waals surface area contributed by atoms with Crippen molar-refractivity contribution in [3.8, 4) is 0 Å². The van der Waals surface area contributed by atoms with Crippen LogP contribution in [0.1, 0.15) is 24.2 Å². The van der Waals surface area contributed by atoms with E-state index in [0.29, 0.717) is 5.56 Å². The highest BCUT2D eigenvalue weighted by atomic mass is 16.5. The van der Waals surface area contributed by atoms with Crippen LogP contribution in [0.2, 0.25) is 0 Å². The van der Waals surface area contributed by atoms with E-state index in [1.165, 1.54) is 6.92 Å². The molecule has 96 valence electrons. The predicted molar refractivity (Wildman–Crippen MR) is 65.0 cm³/mol. The Labute approximate surface area is 105 Å². The van der Waals surface area contributed by atoms with Crippen LogP contribution >= 0.6 is 0 Å². The summed E-state index contributed by atoms with van der Waals surface area (Å²) in [6.07, 6.45) is 0. The van der Waals surface area contributed by atoms with Gasteiger partial charge in [0.1, 0.15) is 0 Å². The van der Waals surface area contributed by atoms with Gasteiger partial charge in [0.25, 0.3) is 0 Å². The second kappa shape index (κ2) is 6.54. The molecule has 1 rings (SSSR count). The van der Waals surface area contributed by atoms with Crippen molar-refractivity contribution in [1.29, 1.82) is 0 Å². The van der Waals surface area contributed by atoms with Crippen molar-refractivity contribution in [3.63, 3.8) is 0 Å². The molecule has 18 heavy (non-hydrogen) atoms. The Bertz CT molecular complexity index is 442. The molecule has 0 radical (unpaired) electrons. The van der Waals surface area contributed by atoms with E-state index in [0.717, 1.165) is 0 Å². The van der Waals surface area contributed by atoms with Gasteiger partial charge in [-0.05, 0) is 13.8 Å². The fourth-order valence-electron chi connectivity index (χ4n) is 1.37. The predicted octanol–water partition coefficient (Wildman–Crippen LogP) is 0.937. The molecule has 0 aliphatic heterocycles. The molecular formula is C13H15NO4. The second-order valence-electron chi connectivity index (χ2n) is 3.65. The van der Waals surface area contributed by atoms with E-state index in [2.05, 4.69) is 10.1 Å². The summed E-state index contributed by atoms with van der Waals surface area (Å²) in [7, 11) is 0. The number of Topliss-reactive ketones (excluding diaryl/α,β-unsaturated/α-hetero) is 1. The van der Waals surface area contributed by atoms with E-state index in [-0.39, 0.29) is 12.4 Å². The number of carbonyl (C=O) groups excluding carboxylic acids is 3. The minimum absolute atomic E-state index is 0.118. The van der Waals surface area contributed by atoms with Crippen molar-refractivity contribution in [3.05, 3.63) is 35.9 Å². The number of ether oxygens (including phenoxy) is 1. The first-order valence-corrected chi connectivity index (χ1v) is 5.63. The van der Waals surface area contributed by atoms with Gasteiger partial charge >= 0.3 is 11.9 Å². The Morgan fingerprint density at radius 3 is 2.39 bits per heavy atom. The number of esters is 1. The summed E-state index contributed by atoms with van der Waals surface area (Å²) in [5.74, 6) is -2.15. The van der Waals surface area contributed by atoms with E-state index in [1.54, 1.807) is 37.3 Å². The van der Waals surface area contributed by atoms with Crippen LogP contribution in [0, 0.1) is 0 Å². The highest BCUT2D eigenvalue weighted by Crippen LogP contribution is 2.03. The first-order chi connectivity index (χ1) is 8.56. The SMILES string of the molecule is CCOC(=O)C(=O)NC(C)C(=O)c1ccccc1. The molecule has 0 aliphatic rings. The van der Waals surface area contributed by atoms with Gasteiger partial charge in [0, 0.05) is 5.56 Å². The lowest BCUT2D eigenvalue weighted by atomic mass is 10.1. The lowest BCUT2D eigenvalue weighted by Crippen LogP contribution is -2.42. The van der Waals surface area contributed by atoms with Crippen LogP contribution in [0.3, 0.4) is 0 Å². The Morgan fingerprint density at radius 2 is 1.83 bits per heavy atom. The molecule has 0 aromatic heterocycles. The molecular weight excluding hydrogens is 234 g/mol. The summed E-state index contributed by atoms with van der Waals surface area (Å²) in [4.78, 5) is 34.3. The number of hydrogen-bond donors (Lipinski definition) is 1. The molecule has 0 heterocycles. The summed E-state index contributed by atoms with van der Waals surface area (Å²) in [5, 5.41) is 2.30. The van der Waals surface area contributed by atoms with Crippen molar-refractivity contribution < 1.29 is 19.1 Å².